The molecule has 0 saturated heterocycles. The molecule has 1 N–H and O–H groups in total. The second kappa shape index (κ2) is 8.89. The van der Waals surface area contributed by atoms with Crippen LogP contribution in [0.4, 0.5) is 0 Å². The van der Waals surface area contributed by atoms with Crippen LogP contribution in [-0.2, 0) is 21.1 Å². The lowest BCUT2D eigenvalue weighted by Crippen LogP contribution is -2.18. The van der Waals surface area contributed by atoms with Crippen molar-refractivity contribution in [2.75, 3.05) is 38.0 Å². The number of rotatable bonds is 9. The van der Waals surface area contributed by atoms with Crippen molar-refractivity contribution in [2.24, 2.45) is 0 Å². The summed E-state index contributed by atoms with van der Waals surface area (Å²) in [5.74, 6) is 0.679. The quantitative estimate of drug-likeness (QED) is 0.553. The van der Waals surface area contributed by atoms with E-state index in [0.717, 1.165) is 23.5 Å². The van der Waals surface area contributed by atoms with E-state index in [9.17, 15) is 8.42 Å². The van der Waals surface area contributed by atoms with Crippen molar-refractivity contribution < 1.29 is 13.2 Å². The van der Waals surface area contributed by atoms with Crippen molar-refractivity contribution >= 4 is 33.2 Å². The van der Waals surface area contributed by atoms with Gasteiger partial charge >= 0.3 is 0 Å². The summed E-state index contributed by atoms with van der Waals surface area (Å²) in [7, 11) is -1.25. The van der Waals surface area contributed by atoms with Gasteiger partial charge < -0.3 is 10.1 Å². The van der Waals surface area contributed by atoms with Crippen molar-refractivity contribution in [1.29, 1.82) is 0 Å². The first-order valence-electron chi connectivity index (χ1n) is 6.21. The summed E-state index contributed by atoms with van der Waals surface area (Å²) in [4.78, 5) is 0.913. The van der Waals surface area contributed by atoms with E-state index in [4.69, 9.17) is 16.3 Å². The number of sulfone groups is 1. The predicted molar refractivity (Wildman–Crippen MR) is 85.5 cm³/mol. The summed E-state index contributed by atoms with van der Waals surface area (Å²) < 4.78 is 27.1. The Bertz CT molecular complexity index is 520. The third-order valence-corrected chi connectivity index (χ3v) is 5.22. The largest absolute Gasteiger partial charge is 0.383 e. The molecular formula is C13H20ClNO3S2. The second-order valence-electron chi connectivity index (χ2n) is 4.41. The molecule has 20 heavy (non-hydrogen) atoms. The van der Waals surface area contributed by atoms with Crippen LogP contribution in [0.25, 0.3) is 0 Å². The fraction of sp³-hybridized carbons (Fsp3) is 0.538. The Balaban J connectivity index is 2.46. The minimum atomic E-state index is -2.92. The zero-order valence-electron chi connectivity index (χ0n) is 11.7. The molecule has 0 radical (unpaired) electrons. The molecule has 1 aromatic rings. The van der Waals surface area contributed by atoms with Gasteiger partial charge in [-0.3, -0.25) is 0 Å². The zero-order chi connectivity index (χ0) is 15.0. The van der Waals surface area contributed by atoms with Crippen LogP contribution in [0, 0.1) is 0 Å². The molecule has 1 aromatic carbocycles. The minimum absolute atomic E-state index is 0.161. The fourth-order valence-corrected chi connectivity index (χ4v) is 3.97. The van der Waals surface area contributed by atoms with E-state index in [1.165, 1.54) is 18.0 Å². The highest BCUT2D eigenvalue weighted by Crippen LogP contribution is 2.28. The maximum absolute atomic E-state index is 11.1. The molecule has 0 unspecified atom stereocenters. The summed E-state index contributed by atoms with van der Waals surface area (Å²) in [5.41, 5.74) is 1.10. The van der Waals surface area contributed by atoms with Crippen LogP contribution < -0.4 is 5.32 Å². The van der Waals surface area contributed by atoms with E-state index >= 15 is 0 Å². The van der Waals surface area contributed by atoms with E-state index in [0.29, 0.717) is 17.4 Å². The molecular weight excluding hydrogens is 318 g/mol. The number of halogens is 1. The number of benzene rings is 1. The van der Waals surface area contributed by atoms with Crippen molar-refractivity contribution in [2.45, 2.75) is 11.4 Å². The van der Waals surface area contributed by atoms with Crippen LogP contribution in [0.1, 0.15) is 5.56 Å². The molecule has 0 saturated carbocycles. The van der Waals surface area contributed by atoms with Gasteiger partial charge in [-0.1, -0.05) is 17.7 Å². The second-order valence-corrected chi connectivity index (χ2v) is 8.22. The Kier molecular flexibility index (Phi) is 7.91. The standard InChI is InChI=1S/C13H20ClNO3S2/c1-18-6-5-15-10-11-3-4-13(12(14)9-11)19-7-8-20(2,16)17/h3-4,9,15H,5-8,10H2,1-2H3. The van der Waals surface area contributed by atoms with Crippen LogP contribution in [0.15, 0.2) is 23.1 Å². The number of ether oxygens (including phenoxy) is 1. The highest BCUT2D eigenvalue weighted by Gasteiger charge is 2.06. The molecule has 0 heterocycles. The highest BCUT2D eigenvalue weighted by molar-refractivity contribution is 8.00. The van der Waals surface area contributed by atoms with Gasteiger partial charge in [0, 0.05) is 37.1 Å². The van der Waals surface area contributed by atoms with Crippen LogP contribution in [0.2, 0.25) is 5.02 Å². The van der Waals surface area contributed by atoms with Crippen LogP contribution >= 0.6 is 23.4 Å². The lowest BCUT2D eigenvalue weighted by atomic mass is 10.2. The molecule has 0 atom stereocenters. The van der Waals surface area contributed by atoms with E-state index in [2.05, 4.69) is 5.32 Å². The molecule has 0 bridgehead atoms. The van der Waals surface area contributed by atoms with Crippen molar-refractivity contribution in [1.82, 2.24) is 5.32 Å². The molecule has 4 nitrogen and oxygen atoms in total. The van der Waals surface area contributed by atoms with Gasteiger partial charge in [-0.2, -0.15) is 0 Å². The average Bonchev–Trinajstić information content (AvgIpc) is 2.36. The Morgan fingerprint density at radius 1 is 1.40 bits per heavy atom. The van der Waals surface area contributed by atoms with Crippen molar-refractivity contribution in [3.05, 3.63) is 28.8 Å². The number of hydrogen-bond acceptors (Lipinski definition) is 5. The summed E-state index contributed by atoms with van der Waals surface area (Å²) >= 11 is 7.66. The first kappa shape index (κ1) is 17.8. The lowest BCUT2D eigenvalue weighted by Gasteiger charge is -2.08. The Morgan fingerprint density at radius 3 is 2.75 bits per heavy atom. The number of nitrogens with one attached hydrogen (secondary N) is 1. The molecule has 0 aliphatic carbocycles. The van der Waals surface area contributed by atoms with Crippen LogP contribution in [0.3, 0.4) is 0 Å². The van der Waals surface area contributed by atoms with E-state index in [1.54, 1.807) is 7.11 Å². The molecule has 0 aliphatic rings. The fourth-order valence-electron chi connectivity index (χ4n) is 1.48. The predicted octanol–water partition coefficient (Wildman–Crippen LogP) is 2.21. The normalized spacial score (nSPS) is 11.8. The topological polar surface area (TPSA) is 55.4 Å². The maximum atomic E-state index is 11.1. The summed E-state index contributed by atoms with van der Waals surface area (Å²) in [6.45, 7) is 2.20. The Hall–Kier alpha value is -0.270. The van der Waals surface area contributed by atoms with Gasteiger partial charge in [0.2, 0.25) is 0 Å². The van der Waals surface area contributed by atoms with E-state index in [1.807, 2.05) is 18.2 Å². The Morgan fingerprint density at radius 2 is 2.15 bits per heavy atom. The maximum Gasteiger partial charge on any atom is 0.148 e. The van der Waals surface area contributed by atoms with Gasteiger partial charge in [0.15, 0.2) is 0 Å². The van der Waals surface area contributed by atoms with Gasteiger partial charge in [-0.25, -0.2) is 8.42 Å². The van der Waals surface area contributed by atoms with E-state index < -0.39 is 9.84 Å². The van der Waals surface area contributed by atoms with Crippen LogP contribution in [0.5, 0.6) is 0 Å². The Labute approximate surface area is 130 Å². The number of methoxy groups -OCH3 is 1. The van der Waals surface area contributed by atoms with E-state index in [-0.39, 0.29) is 5.75 Å². The molecule has 1 rings (SSSR count). The van der Waals surface area contributed by atoms with Gasteiger partial charge in [0.25, 0.3) is 0 Å². The van der Waals surface area contributed by atoms with Crippen molar-refractivity contribution in [3.8, 4) is 0 Å². The molecule has 0 spiro atoms. The third kappa shape index (κ3) is 7.50. The molecule has 0 aliphatic heterocycles. The molecule has 0 fully saturated rings. The number of thioether (sulfide) groups is 1. The van der Waals surface area contributed by atoms with Gasteiger partial charge in [-0.05, 0) is 17.7 Å². The smallest absolute Gasteiger partial charge is 0.148 e. The summed E-state index contributed by atoms with van der Waals surface area (Å²) in [5, 5.41) is 3.90. The van der Waals surface area contributed by atoms with Crippen molar-refractivity contribution in [3.63, 3.8) is 0 Å². The zero-order valence-corrected chi connectivity index (χ0v) is 14.1. The average molecular weight is 338 g/mol. The molecule has 0 amide bonds. The lowest BCUT2D eigenvalue weighted by molar-refractivity contribution is 0.199. The van der Waals surface area contributed by atoms with Gasteiger partial charge in [0.05, 0.1) is 17.4 Å². The highest BCUT2D eigenvalue weighted by atomic mass is 35.5. The molecule has 0 aromatic heterocycles. The monoisotopic (exact) mass is 337 g/mol. The first-order valence-corrected chi connectivity index (χ1v) is 9.63. The third-order valence-electron chi connectivity index (χ3n) is 2.52. The van der Waals surface area contributed by atoms with Gasteiger partial charge in [0.1, 0.15) is 9.84 Å². The summed E-state index contributed by atoms with van der Waals surface area (Å²) in [6.07, 6.45) is 1.24. The SMILES string of the molecule is COCCNCc1ccc(SCCS(C)(=O)=O)c(Cl)c1. The number of hydrogen-bond donors (Lipinski definition) is 1. The van der Waals surface area contributed by atoms with Crippen LogP contribution in [-0.4, -0.2) is 46.4 Å². The summed E-state index contributed by atoms with van der Waals surface area (Å²) in [6, 6.07) is 5.83. The van der Waals surface area contributed by atoms with Gasteiger partial charge in [-0.15, -0.1) is 11.8 Å². The molecule has 7 heteroatoms. The minimum Gasteiger partial charge on any atom is -0.383 e. The first-order chi connectivity index (χ1) is 9.42. The molecule has 114 valence electrons.